The standard InChI is InChI=1S/C16H18BN3O6S/c1-25-16(21)19-8-11-6-12(18)3-5-15(11)27(23,24)20-13-4-2-10-9-26-17(22)14(10)7-13/h2-7,20,22H,8-9,18H2,1H3,(H,19,21). The van der Waals surface area contributed by atoms with Crippen LogP contribution >= 0.6 is 0 Å². The highest BCUT2D eigenvalue weighted by atomic mass is 32.2. The van der Waals surface area contributed by atoms with Crippen molar-refractivity contribution >= 4 is 40.1 Å². The molecule has 1 heterocycles. The lowest BCUT2D eigenvalue weighted by Crippen LogP contribution is -2.28. The first-order chi connectivity index (χ1) is 12.8. The molecule has 2 aromatic carbocycles. The molecule has 0 radical (unpaired) electrons. The van der Waals surface area contributed by atoms with E-state index in [-0.39, 0.29) is 23.7 Å². The molecule has 0 saturated carbocycles. The van der Waals surface area contributed by atoms with Crippen LogP contribution in [-0.2, 0) is 32.6 Å². The molecule has 0 unspecified atom stereocenters. The summed E-state index contributed by atoms with van der Waals surface area (Å²) in [4.78, 5) is 11.3. The predicted molar refractivity (Wildman–Crippen MR) is 99.7 cm³/mol. The molecule has 0 aliphatic carbocycles. The van der Waals surface area contributed by atoms with E-state index in [0.29, 0.717) is 16.7 Å². The van der Waals surface area contributed by atoms with Crippen molar-refractivity contribution in [2.24, 2.45) is 0 Å². The first-order valence-corrected chi connectivity index (χ1v) is 9.44. The maximum atomic E-state index is 12.8. The lowest BCUT2D eigenvalue weighted by Gasteiger charge is -2.14. The highest BCUT2D eigenvalue weighted by Crippen LogP contribution is 2.23. The summed E-state index contributed by atoms with van der Waals surface area (Å²) in [6.07, 6.45) is -0.693. The number of nitrogens with two attached hydrogens (primary N) is 1. The van der Waals surface area contributed by atoms with Crippen molar-refractivity contribution in [3.8, 4) is 0 Å². The van der Waals surface area contributed by atoms with Gasteiger partial charge in [-0.1, -0.05) is 6.07 Å². The summed E-state index contributed by atoms with van der Waals surface area (Å²) in [5, 5.41) is 12.2. The van der Waals surface area contributed by atoms with Crippen LogP contribution < -0.4 is 21.2 Å². The van der Waals surface area contributed by atoms with Crippen LogP contribution in [0.1, 0.15) is 11.1 Å². The number of hydrogen-bond donors (Lipinski definition) is 4. The van der Waals surface area contributed by atoms with Crippen LogP contribution in [0.25, 0.3) is 0 Å². The fourth-order valence-electron chi connectivity index (χ4n) is 2.73. The smallest absolute Gasteiger partial charge is 0.453 e. The van der Waals surface area contributed by atoms with Gasteiger partial charge in [0.15, 0.2) is 0 Å². The molecule has 9 nitrogen and oxygen atoms in total. The Labute approximate surface area is 156 Å². The largest absolute Gasteiger partial charge is 0.491 e. The Hall–Kier alpha value is -2.76. The minimum absolute atomic E-state index is 0.0367. The van der Waals surface area contributed by atoms with E-state index >= 15 is 0 Å². The number of hydrogen-bond acceptors (Lipinski definition) is 7. The molecule has 142 valence electrons. The maximum absolute atomic E-state index is 12.8. The molecule has 5 N–H and O–H groups in total. The van der Waals surface area contributed by atoms with E-state index in [1.807, 2.05) is 0 Å². The van der Waals surface area contributed by atoms with Gasteiger partial charge in [0.25, 0.3) is 10.0 Å². The number of nitrogens with one attached hydrogen (secondary N) is 2. The van der Waals surface area contributed by atoms with Crippen LogP contribution in [0.15, 0.2) is 41.3 Å². The van der Waals surface area contributed by atoms with E-state index in [0.717, 1.165) is 5.56 Å². The second-order valence-electron chi connectivity index (χ2n) is 5.89. The van der Waals surface area contributed by atoms with Crippen molar-refractivity contribution in [2.75, 3.05) is 17.6 Å². The molecule has 0 spiro atoms. The van der Waals surface area contributed by atoms with Gasteiger partial charge >= 0.3 is 13.2 Å². The fourth-order valence-corrected chi connectivity index (χ4v) is 4.00. The zero-order chi connectivity index (χ0) is 19.6. The van der Waals surface area contributed by atoms with E-state index in [1.54, 1.807) is 12.1 Å². The van der Waals surface area contributed by atoms with Gasteiger partial charge in [-0.3, -0.25) is 4.72 Å². The number of fused-ring (bicyclic) bond motifs is 1. The summed E-state index contributed by atoms with van der Waals surface area (Å²) in [5.41, 5.74) is 7.98. The average Bonchev–Trinajstić information content (AvgIpc) is 2.99. The Balaban J connectivity index is 1.89. The lowest BCUT2D eigenvalue weighted by atomic mass is 9.79. The first-order valence-electron chi connectivity index (χ1n) is 7.95. The third-order valence-electron chi connectivity index (χ3n) is 4.04. The molecule has 27 heavy (non-hydrogen) atoms. The molecule has 0 saturated heterocycles. The first kappa shape index (κ1) is 19.0. The molecule has 0 fully saturated rings. The minimum atomic E-state index is -3.97. The van der Waals surface area contributed by atoms with Gasteiger partial charge in [0.1, 0.15) is 0 Å². The molecule has 1 aliphatic heterocycles. The predicted octanol–water partition coefficient (Wildman–Crippen LogP) is 0.143. The number of nitrogen functional groups attached to an aromatic ring is 1. The number of carbonyl (C=O) groups excluding carboxylic acids is 1. The number of methoxy groups -OCH3 is 1. The number of ether oxygens (including phenoxy) is 1. The van der Waals surface area contributed by atoms with Gasteiger partial charge < -0.3 is 25.5 Å². The van der Waals surface area contributed by atoms with Gasteiger partial charge in [0.2, 0.25) is 0 Å². The molecule has 11 heteroatoms. The van der Waals surface area contributed by atoms with Crippen molar-refractivity contribution in [3.05, 3.63) is 47.5 Å². The van der Waals surface area contributed by atoms with Gasteiger partial charge in [0.05, 0.1) is 18.6 Å². The molecule has 1 amide bonds. The van der Waals surface area contributed by atoms with Crippen molar-refractivity contribution in [2.45, 2.75) is 18.0 Å². The van der Waals surface area contributed by atoms with E-state index in [1.165, 1.54) is 31.4 Å². The van der Waals surface area contributed by atoms with E-state index < -0.39 is 23.2 Å². The molecule has 1 aliphatic rings. The van der Waals surface area contributed by atoms with Crippen LogP contribution in [-0.4, -0.2) is 33.8 Å². The molecular formula is C16H18BN3O6S. The second kappa shape index (κ2) is 7.47. The van der Waals surface area contributed by atoms with E-state index in [2.05, 4.69) is 14.8 Å². The van der Waals surface area contributed by atoms with Crippen LogP contribution in [0.3, 0.4) is 0 Å². The number of alkyl carbamates (subject to hydrolysis) is 1. The van der Waals surface area contributed by atoms with Gasteiger partial charge in [-0.25, -0.2) is 13.2 Å². The summed E-state index contributed by atoms with van der Waals surface area (Å²) < 4.78 is 37.7. The van der Waals surface area contributed by atoms with Gasteiger partial charge in [-0.15, -0.1) is 0 Å². The third-order valence-corrected chi connectivity index (χ3v) is 5.53. The Morgan fingerprint density at radius 2 is 2.11 bits per heavy atom. The molecule has 2 aromatic rings. The topological polar surface area (TPSA) is 140 Å². The van der Waals surface area contributed by atoms with Crippen molar-refractivity contribution < 1.29 is 27.6 Å². The van der Waals surface area contributed by atoms with Gasteiger partial charge in [-0.05, 0) is 46.9 Å². The highest BCUT2D eigenvalue weighted by molar-refractivity contribution is 7.92. The summed E-state index contributed by atoms with van der Waals surface area (Å²) in [7, 11) is -3.84. The SMILES string of the molecule is COC(=O)NCc1cc(N)ccc1S(=O)(=O)Nc1ccc2c(c1)B(O)OC2. The molecule has 3 rings (SSSR count). The van der Waals surface area contributed by atoms with Crippen LogP contribution in [0.2, 0.25) is 0 Å². The van der Waals surface area contributed by atoms with Gasteiger partial charge in [-0.2, -0.15) is 0 Å². The molecule has 0 atom stereocenters. The summed E-state index contributed by atoms with van der Waals surface area (Å²) in [5.74, 6) is 0. The average molecular weight is 391 g/mol. The number of benzene rings is 2. The molecule has 0 bridgehead atoms. The van der Waals surface area contributed by atoms with Crippen molar-refractivity contribution in [3.63, 3.8) is 0 Å². The Morgan fingerprint density at radius 1 is 1.33 bits per heavy atom. The summed E-state index contributed by atoms with van der Waals surface area (Å²) in [6, 6.07) is 9.07. The normalized spacial score (nSPS) is 13.2. The van der Waals surface area contributed by atoms with Crippen molar-refractivity contribution in [1.82, 2.24) is 5.32 Å². The highest BCUT2D eigenvalue weighted by Gasteiger charge is 2.28. The molecular weight excluding hydrogens is 373 g/mol. The zero-order valence-electron chi connectivity index (χ0n) is 14.4. The minimum Gasteiger partial charge on any atom is -0.453 e. The zero-order valence-corrected chi connectivity index (χ0v) is 15.2. The van der Waals surface area contributed by atoms with Gasteiger partial charge in [0, 0.05) is 17.9 Å². The number of anilines is 2. The van der Waals surface area contributed by atoms with Crippen LogP contribution in [0, 0.1) is 0 Å². The maximum Gasteiger partial charge on any atom is 0.491 e. The fraction of sp³-hybridized carbons (Fsp3) is 0.188. The summed E-state index contributed by atoms with van der Waals surface area (Å²) in [6.45, 7) is 0.190. The van der Waals surface area contributed by atoms with E-state index in [4.69, 9.17) is 10.4 Å². The number of carbonyl (C=O) groups is 1. The Morgan fingerprint density at radius 3 is 2.85 bits per heavy atom. The number of sulfonamides is 1. The monoisotopic (exact) mass is 391 g/mol. The third kappa shape index (κ3) is 4.16. The summed E-state index contributed by atoms with van der Waals surface area (Å²) >= 11 is 0. The van der Waals surface area contributed by atoms with E-state index in [9.17, 15) is 18.2 Å². The van der Waals surface area contributed by atoms with Crippen LogP contribution in [0.4, 0.5) is 16.2 Å². The quantitative estimate of drug-likeness (QED) is 0.420. The Bertz CT molecular complexity index is 982. The molecule has 0 aromatic heterocycles. The second-order valence-corrected chi connectivity index (χ2v) is 7.55. The van der Waals surface area contributed by atoms with Crippen molar-refractivity contribution in [1.29, 1.82) is 0 Å². The number of amides is 1. The lowest BCUT2D eigenvalue weighted by molar-refractivity contribution is 0.170. The Kier molecular flexibility index (Phi) is 5.26. The van der Waals surface area contributed by atoms with Crippen LogP contribution in [0.5, 0.6) is 0 Å². The number of rotatable bonds is 5.